The van der Waals surface area contributed by atoms with Gasteiger partial charge in [0.05, 0.1) is 5.75 Å². The zero-order valence-corrected chi connectivity index (χ0v) is 20.1. The topological polar surface area (TPSA) is 49.4 Å². The second-order valence-corrected chi connectivity index (χ2v) is 9.34. The van der Waals surface area contributed by atoms with Gasteiger partial charge >= 0.3 is 0 Å². The van der Waals surface area contributed by atoms with Gasteiger partial charge in [-0.25, -0.2) is 0 Å². The third-order valence-corrected chi connectivity index (χ3v) is 6.22. The maximum absolute atomic E-state index is 13.1. The van der Waals surface area contributed by atoms with Crippen molar-refractivity contribution in [3.8, 4) is 0 Å². The Kier molecular flexibility index (Phi) is 9.53. The first-order valence-electron chi connectivity index (χ1n) is 9.85. The van der Waals surface area contributed by atoms with Gasteiger partial charge in [0.1, 0.15) is 6.04 Å². The molecule has 0 saturated carbocycles. The fourth-order valence-electron chi connectivity index (χ4n) is 2.99. The minimum atomic E-state index is -0.579. The van der Waals surface area contributed by atoms with Gasteiger partial charge in [-0.2, -0.15) is 0 Å². The Morgan fingerprint density at radius 1 is 1.07 bits per heavy atom. The monoisotopic (exact) mass is 466 g/mol. The maximum Gasteiger partial charge on any atom is 0.242 e. The van der Waals surface area contributed by atoms with Crippen LogP contribution in [0.2, 0.25) is 10.0 Å². The number of amides is 2. The van der Waals surface area contributed by atoms with Gasteiger partial charge in [-0.1, -0.05) is 59.1 Å². The highest BCUT2D eigenvalue weighted by Gasteiger charge is 2.26. The Labute approximate surface area is 193 Å². The molecule has 4 nitrogen and oxygen atoms in total. The first-order chi connectivity index (χ1) is 14.2. The summed E-state index contributed by atoms with van der Waals surface area (Å²) in [5.74, 6) is 0.489. The maximum atomic E-state index is 13.1. The summed E-state index contributed by atoms with van der Waals surface area (Å²) in [6, 6.07) is 12.8. The van der Waals surface area contributed by atoms with E-state index in [0.29, 0.717) is 22.3 Å². The van der Waals surface area contributed by atoms with Gasteiger partial charge in [-0.3, -0.25) is 9.59 Å². The van der Waals surface area contributed by atoms with E-state index in [1.807, 2.05) is 45.0 Å². The Morgan fingerprint density at radius 3 is 2.30 bits per heavy atom. The molecule has 0 saturated heterocycles. The van der Waals surface area contributed by atoms with Gasteiger partial charge < -0.3 is 10.2 Å². The number of hydrogen-bond acceptors (Lipinski definition) is 3. The summed E-state index contributed by atoms with van der Waals surface area (Å²) in [7, 11) is 0. The van der Waals surface area contributed by atoms with E-state index in [4.69, 9.17) is 23.2 Å². The van der Waals surface area contributed by atoms with E-state index in [1.54, 1.807) is 30.0 Å². The van der Waals surface area contributed by atoms with Crippen LogP contribution in [-0.4, -0.2) is 34.6 Å². The van der Waals surface area contributed by atoms with Gasteiger partial charge in [0.2, 0.25) is 11.8 Å². The van der Waals surface area contributed by atoms with E-state index >= 15 is 0 Å². The normalized spacial score (nSPS) is 12.0. The van der Waals surface area contributed by atoms with Crippen LogP contribution in [0, 0.1) is 6.92 Å². The highest BCUT2D eigenvalue weighted by Crippen LogP contribution is 2.28. The summed E-state index contributed by atoms with van der Waals surface area (Å²) in [4.78, 5) is 27.3. The minimum absolute atomic E-state index is 0.00705. The molecule has 1 N–H and O–H groups in total. The van der Waals surface area contributed by atoms with Crippen molar-refractivity contribution in [1.29, 1.82) is 0 Å². The smallest absolute Gasteiger partial charge is 0.242 e. The average Bonchev–Trinajstić information content (AvgIpc) is 2.67. The number of rotatable bonds is 9. The fraction of sp³-hybridized carbons (Fsp3) is 0.391. The lowest BCUT2D eigenvalue weighted by molar-refractivity contribution is -0.138. The Hall–Kier alpha value is -1.69. The quantitative estimate of drug-likeness (QED) is 0.532. The molecule has 1 atom stereocenters. The van der Waals surface area contributed by atoms with Crippen LogP contribution in [0.1, 0.15) is 37.5 Å². The van der Waals surface area contributed by atoms with Crippen LogP contribution in [0.5, 0.6) is 0 Å². The van der Waals surface area contributed by atoms with Gasteiger partial charge in [0, 0.05) is 28.4 Å². The lowest BCUT2D eigenvalue weighted by Crippen LogP contribution is -2.49. The zero-order chi connectivity index (χ0) is 22.3. The Morgan fingerprint density at radius 2 is 1.70 bits per heavy atom. The summed E-state index contributed by atoms with van der Waals surface area (Å²) < 4.78 is 0. The van der Waals surface area contributed by atoms with Crippen LogP contribution in [0.25, 0.3) is 0 Å². The third-order valence-electron chi connectivity index (χ3n) is 4.57. The molecule has 0 fully saturated rings. The molecule has 2 rings (SSSR count). The number of carbonyl (C=O) groups excluding carboxylic acids is 2. The number of nitrogens with zero attached hydrogens (tertiary/aromatic N) is 1. The third kappa shape index (κ3) is 7.22. The van der Waals surface area contributed by atoms with E-state index in [9.17, 15) is 9.59 Å². The van der Waals surface area contributed by atoms with E-state index < -0.39 is 6.04 Å². The molecule has 0 aliphatic heterocycles. The number of nitrogens with one attached hydrogen (secondary N) is 1. The number of benzene rings is 2. The number of thioether (sulfide) groups is 1. The molecule has 0 radical (unpaired) electrons. The van der Waals surface area contributed by atoms with Crippen LogP contribution >= 0.6 is 35.0 Å². The number of aryl methyl sites for hydroxylation is 1. The second-order valence-electron chi connectivity index (χ2n) is 7.54. The van der Waals surface area contributed by atoms with Crippen molar-refractivity contribution in [3.05, 3.63) is 69.2 Å². The molecule has 30 heavy (non-hydrogen) atoms. The molecule has 2 aromatic carbocycles. The molecule has 0 aliphatic rings. The van der Waals surface area contributed by atoms with E-state index in [-0.39, 0.29) is 23.6 Å². The van der Waals surface area contributed by atoms with Crippen molar-refractivity contribution < 1.29 is 9.59 Å². The Balaban J connectivity index is 2.11. The summed E-state index contributed by atoms with van der Waals surface area (Å²) in [5, 5.41) is 4.07. The van der Waals surface area contributed by atoms with Crippen LogP contribution in [0.4, 0.5) is 0 Å². The first-order valence-corrected chi connectivity index (χ1v) is 11.8. The van der Waals surface area contributed by atoms with Gasteiger partial charge in [0.15, 0.2) is 0 Å². The number of hydrogen-bond donors (Lipinski definition) is 1. The second kappa shape index (κ2) is 11.6. The van der Waals surface area contributed by atoms with Gasteiger partial charge in [-0.15, -0.1) is 11.8 Å². The SMILES string of the molecule is Cc1cccc(CN(C(=O)CSCc2c(Cl)cccc2Cl)[C@H](C)C(=O)NC(C)C)c1. The van der Waals surface area contributed by atoms with E-state index in [1.165, 1.54) is 11.8 Å². The van der Waals surface area contributed by atoms with Gasteiger partial charge in [0.25, 0.3) is 0 Å². The average molecular weight is 467 g/mol. The van der Waals surface area contributed by atoms with Crippen molar-refractivity contribution in [3.63, 3.8) is 0 Å². The lowest BCUT2D eigenvalue weighted by Gasteiger charge is -2.29. The lowest BCUT2D eigenvalue weighted by atomic mass is 10.1. The van der Waals surface area contributed by atoms with Gasteiger partial charge in [-0.05, 0) is 51.0 Å². The van der Waals surface area contributed by atoms with Crippen molar-refractivity contribution in [2.75, 3.05) is 5.75 Å². The van der Waals surface area contributed by atoms with Crippen molar-refractivity contribution >= 4 is 46.8 Å². The standard InChI is InChI=1S/C23H28Cl2N2O2S/c1-15(2)26-23(29)17(4)27(12-18-8-5-7-16(3)11-18)22(28)14-30-13-19-20(24)9-6-10-21(19)25/h5-11,15,17H,12-14H2,1-4H3,(H,26,29)/t17-/m1/s1. The molecule has 162 valence electrons. The van der Waals surface area contributed by atoms with Crippen molar-refractivity contribution in [2.24, 2.45) is 0 Å². The molecule has 0 aliphatic carbocycles. The van der Waals surface area contributed by atoms with Crippen molar-refractivity contribution in [1.82, 2.24) is 10.2 Å². The predicted octanol–water partition coefficient (Wildman–Crippen LogP) is 5.48. The number of carbonyl (C=O) groups is 2. The van der Waals surface area contributed by atoms with E-state index in [0.717, 1.165) is 16.7 Å². The summed E-state index contributed by atoms with van der Waals surface area (Å²) >= 11 is 13.9. The molecule has 0 spiro atoms. The first kappa shape index (κ1) is 24.6. The highest BCUT2D eigenvalue weighted by molar-refractivity contribution is 7.99. The molecule has 2 amide bonds. The largest absolute Gasteiger partial charge is 0.352 e. The molecule has 2 aromatic rings. The molecule has 7 heteroatoms. The summed E-state index contributed by atoms with van der Waals surface area (Å²) in [5.41, 5.74) is 2.92. The summed E-state index contributed by atoms with van der Waals surface area (Å²) in [6.07, 6.45) is 0. The van der Waals surface area contributed by atoms with Crippen molar-refractivity contribution in [2.45, 2.75) is 52.1 Å². The molecule has 0 aromatic heterocycles. The minimum Gasteiger partial charge on any atom is -0.352 e. The molecular weight excluding hydrogens is 439 g/mol. The highest BCUT2D eigenvalue weighted by atomic mass is 35.5. The predicted molar refractivity (Wildman–Crippen MR) is 127 cm³/mol. The number of halogens is 2. The van der Waals surface area contributed by atoms with Crippen LogP contribution in [-0.2, 0) is 21.9 Å². The molecular formula is C23H28Cl2N2O2S. The fourth-order valence-corrected chi connectivity index (χ4v) is 4.64. The van der Waals surface area contributed by atoms with Crippen LogP contribution in [0.3, 0.4) is 0 Å². The van der Waals surface area contributed by atoms with Crippen LogP contribution < -0.4 is 5.32 Å². The van der Waals surface area contributed by atoms with Crippen LogP contribution in [0.15, 0.2) is 42.5 Å². The summed E-state index contributed by atoms with van der Waals surface area (Å²) in [6.45, 7) is 7.95. The Bertz CT molecular complexity index is 869. The molecule has 0 bridgehead atoms. The zero-order valence-electron chi connectivity index (χ0n) is 17.7. The molecule has 0 unspecified atom stereocenters. The molecule has 0 heterocycles. The van der Waals surface area contributed by atoms with E-state index in [2.05, 4.69) is 5.32 Å².